The molecule has 1 aliphatic rings. The predicted octanol–water partition coefficient (Wildman–Crippen LogP) is 13.3. The fourth-order valence-electron chi connectivity index (χ4n) is 9.03. The molecule has 1 aliphatic heterocycles. The average Bonchev–Trinajstić information content (AvgIpc) is 3.75. The molecule has 7 heteroatoms. The van der Waals surface area contributed by atoms with Gasteiger partial charge in [-0.15, -0.1) is 0 Å². The van der Waals surface area contributed by atoms with Gasteiger partial charge in [-0.1, -0.05) is 169 Å². The molecule has 0 aromatic carbocycles. The van der Waals surface area contributed by atoms with Crippen molar-refractivity contribution in [3.8, 4) is 0 Å². The summed E-state index contributed by atoms with van der Waals surface area (Å²) in [5.41, 5.74) is 0. The van der Waals surface area contributed by atoms with Crippen LogP contribution in [0.25, 0.3) is 0 Å². The number of nitrogens with one attached hydrogen (secondary N) is 2. The van der Waals surface area contributed by atoms with Crippen molar-refractivity contribution in [2.24, 2.45) is 11.8 Å². The van der Waals surface area contributed by atoms with Crippen LogP contribution in [0.1, 0.15) is 252 Å². The fraction of sp³-hybridized carbons (Fsp3) is 0.941. The molecule has 1 fully saturated rings. The Hall–Kier alpha value is -1.63. The van der Waals surface area contributed by atoms with Crippen molar-refractivity contribution in [1.82, 2.24) is 20.4 Å². The summed E-state index contributed by atoms with van der Waals surface area (Å²) in [6.07, 6.45) is 41.3. The van der Waals surface area contributed by atoms with Crippen molar-refractivity contribution in [2.75, 3.05) is 45.8 Å². The smallest absolute Gasteiger partial charge is 0.223 e. The average molecular weight is 817 g/mol. The number of hydrogen-bond donors (Lipinski definition) is 2. The van der Waals surface area contributed by atoms with Gasteiger partial charge in [-0.25, -0.2) is 0 Å². The van der Waals surface area contributed by atoms with E-state index in [0.717, 1.165) is 135 Å². The maximum Gasteiger partial charge on any atom is 0.223 e. The van der Waals surface area contributed by atoms with Gasteiger partial charge in [0, 0.05) is 52.0 Å². The van der Waals surface area contributed by atoms with Crippen LogP contribution in [0.3, 0.4) is 0 Å². The fourth-order valence-corrected chi connectivity index (χ4v) is 9.03. The Balaban J connectivity index is 2.24. The van der Waals surface area contributed by atoms with E-state index < -0.39 is 0 Å². The molecule has 1 rings (SSSR count). The van der Waals surface area contributed by atoms with Gasteiger partial charge in [-0.05, 0) is 89.1 Å². The molecule has 0 saturated carbocycles. The third kappa shape index (κ3) is 33.1. The van der Waals surface area contributed by atoms with Crippen molar-refractivity contribution in [2.45, 2.75) is 252 Å². The molecular formula is C51H100N4O3. The lowest BCUT2D eigenvalue weighted by molar-refractivity contribution is -0.131. The van der Waals surface area contributed by atoms with E-state index in [1.165, 1.54) is 128 Å². The van der Waals surface area contributed by atoms with Crippen molar-refractivity contribution >= 4 is 17.7 Å². The van der Waals surface area contributed by atoms with Crippen LogP contribution in [0.2, 0.25) is 0 Å². The Labute approximate surface area is 361 Å². The number of hydrogen-bond acceptors (Lipinski definition) is 4. The highest BCUT2D eigenvalue weighted by atomic mass is 16.2. The van der Waals surface area contributed by atoms with Crippen LogP contribution in [0, 0.1) is 11.8 Å². The number of nitrogens with zero attached hydrogens (tertiary/aromatic N) is 2. The molecule has 0 aromatic rings. The Morgan fingerprint density at radius 1 is 0.448 bits per heavy atom. The number of carbonyl (C=O) groups excluding carboxylic acids is 3. The predicted molar refractivity (Wildman–Crippen MR) is 250 cm³/mol. The summed E-state index contributed by atoms with van der Waals surface area (Å²) >= 11 is 0. The van der Waals surface area contributed by atoms with Crippen LogP contribution in [0.15, 0.2) is 0 Å². The van der Waals surface area contributed by atoms with Crippen LogP contribution in [0.5, 0.6) is 0 Å². The van der Waals surface area contributed by atoms with E-state index in [2.05, 4.69) is 48.1 Å². The van der Waals surface area contributed by atoms with Crippen LogP contribution >= 0.6 is 0 Å². The van der Waals surface area contributed by atoms with Gasteiger partial charge in [-0.2, -0.15) is 0 Å². The topological polar surface area (TPSA) is 81.8 Å². The first-order valence-corrected chi connectivity index (χ1v) is 26.0. The summed E-state index contributed by atoms with van der Waals surface area (Å²) in [4.78, 5) is 42.9. The Bertz CT molecular complexity index is 861. The molecule has 0 spiro atoms. The molecule has 1 heterocycles. The maximum atomic E-state index is 13.3. The van der Waals surface area contributed by atoms with Crippen molar-refractivity contribution < 1.29 is 14.4 Å². The first kappa shape index (κ1) is 54.4. The van der Waals surface area contributed by atoms with E-state index in [4.69, 9.17) is 0 Å². The van der Waals surface area contributed by atoms with Crippen molar-refractivity contribution in [1.29, 1.82) is 0 Å². The quantitative estimate of drug-likeness (QED) is 0.0601. The number of carbonyl (C=O) groups is 3. The van der Waals surface area contributed by atoms with Gasteiger partial charge in [0.25, 0.3) is 0 Å². The van der Waals surface area contributed by atoms with Crippen LogP contribution in [-0.2, 0) is 14.4 Å². The van der Waals surface area contributed by atoms with E-state index in [0.29, 0.717) is 25.2 Å². The Kier molecular flexibility index (Phi) is 38.2. The van der Waals surface area contributed by atoms with Crippen LogP contribution in [0.4, 0.5) is 0 Å². The van der Waals surface area contributed by atoms with Crippen LogP contribution < -0.4 is 10.6 Å². The second-order valence-electron chi connectivity index (χ2n) is 18.4. The zero-order valence-corrected chi connectivity index (χ0v) is 39.5. The molecule has 1 saturated heterocycles. The molecule has 2 N–H and O–H groups in total. The molecule has 342 valence electrons. The lowest BCUT2D eigenvalue weighted by Gasteiger charge is -2.24. The van der Waals surface area contributed by atoms with Gasteiger partial charge < -0.3 is 20.4 Å². The van der Waals surface area contributed by atoms with Gasteiger partial charge >= 0.3 is 0 Å². The number of likely N-dealkylation sites (tertiary alicyclic amines) is 1. The summed E-state index contributed by atoms with van der Waals surface area (Å²) in [7, 11) is 0. The van der Waals surface area contributed by atoms with Crippen molar-refractivity contribution in [3.05, 3.63) is 0 Å². The second-order valence-corrected chi connectivity index (χ2v) is 18.4. The normalized spacial score (nSPS) is 13.2. The van der Waals surface area contributed by atoms with Gasteiger partial charge in [-0.3, -0.25) is 14.4 Å². The third-order valence-corrected chi connectivity index (χ3v) is 12.9. The minimum atomic E-state index is 0.219. The molecule has 0 aliphatic carbocycles. The maximum absolute atomic E-state index is 13.3. The van der Waals surface area contributed by atoms with Gasteiger partial charge in [0.2, 0.25) is 17.7 Å². The number of amides is 3. The molecule has 0 aromatic heterocycles. The summed E-state index contributed by atoms with van der Waals surface area (Å²) in [6, 6.07) is 0. The summed E-state index contributed by atoms with van der Waals surface area (Å²) in [6.45, 7) is 15.7. The first-order valence-electron chi connectivity index (χ1n) is 26.0. The van der Waals surface area contributed by atoms with E-state index in [-0.39, 0.29) is 11.8 Å². The van der Waals surface area contributed by atoms with E-state index in [1.807, 2.05) is 0 Å². The van der Waals surface area contributed by atoms with E-state index >= 15 is 0 Å². The molecule has 0 bridgehead atoms. The highest BCUT2D eigenvalue weighted by Crippen LogP contribution is 2.23. The minimum Gasteiger partial charge on any atom is -0.356 e. The molecule has 0 radical (unpaired) electrons. The monoisotopic (exact) mass is 817 g/mol. The minimum absolute atomic E-state index is 0.219. The van der Waals surface area contributed by atoms with Crippen molar-refractivity contribution in [3.63, 3.8) is 0 Å². The molecule has 3 amide bonds. The third-order valence-electron chi connectivity index (χ3n) is 12.9. The lowest BCUT2D eigenvalue weighted by atomic mass is 9.91. The number of unbranched alkanes of at least 4 members (excludes halogenated alkanes) is 16. The first-order chi connectivity index (χ1) is 28.4. The van der Waals surface area contributed by atoms with E-state index in [9.17, 15) is 14.4 Å². The van der Waals surface area contributed by atoms with Gasteiger partial charge in [0.1, 0.15) is 0 Å². The number of rotatable bonds is 43. The molecular weight excluding hydrogens is 717 g/mol. The summed E-state index contributed by atoms with van der Waals surface area (Å²) in [5.74, 6) is 2.43. The van der Waals surface area contributed by atoms with Crippen LogP contribution in [-0.4, -0.2) is 73.3 Å². The Morgan fingerprint density at radius 3 is 1.21 bits per heavy atom. The molecule has 58 heavy (non-hydrogen) atoms. The Morgan fingerprint density at radius 2 is 0.810 bits per heavy atom. The zero-order valence-electron chi connectivity index (χ0n) is 39.5. The molecule has 7 nitrogen and oxygen atoms in total. The molecule has 0 unspecified atom stereocenters. The van der Waals surface area contributed by atoms with Gasteiger partial charge in [0.05, 0.1) is 0 Å². The zero-order chi connectivity index (χ0) is 42.2. The standard InChI is InChI=1S/C51H100N4O3/c1-5-9-19-31-47(32-20-10-6-2)35-29-40-52-49(56)37-23-15-13-17-25-44-55(51(58)39-46-54-42-27-28-43-54)45-26-18-14-16-24-38-50(57)53-41-30-36-48(33-21-11-7-3)34-22-12-8-4/h47-48H,5-46H2,1-4H3,(H,52,56)(H,53,57). The van der Waals surface area contributed by atoms with Gasteiger partial charge in [0.15, 0.2) is 0 Å². The van der Waals surface area contributed by atoms with E-state index in [1.54, 1.807) is 0 Å². The SMILES string of the molecule is CCCCCC(CCCCC)CCCNC(=O)CCCCCCCN(CCCCCCCC(=O)NCCCC(CCCCC)CCCCC)C(=O)CCN1CCCC1. The summed E-state index contributed by atoms with van der Waals surface area (Å²) in [5, 5.41) is 6.39. The highest BCUT2D eigenvalue weighted by Gasteiger charge is 2.17. The second kappa shape index (κ2) is 40.8. The largest absolute Gasteiger partial charge is 0.356 e. The molecule has 0 atom stereocenters. The lowest BCUT2D eigenvalue weighted by Crippen LogP contribution is -2.35. The summed E-state index contributed by atoms with van der Waals surface area (Å²) < 4.78 is 0. The highest BCUT2D eigenvalue weighted by molar-refractivity contribution is 5.76.